The minimum atomic E-state index is -0.130. The molecular formula is C12H14BrN3O. The van der Waals surface area contributed by atoms with E-state index in [2.05, 4.69) is 26.1 Å². The molecule has 90 valence electrons. The van der Waals surface area contributed by atoms with Crippen LogP contribution in [-0.2, 0) is 5.41 Å². The number of nitrogens with two attached hydrogens (primary N) is 1. The highest BCUT2D eigenvalue weighted by molar-refractivity contribution is 9.10. The third-order valence-electron chi connectivity index (χ3n) is 2.32. The summed E-state index contributed by atoms with van der Waals surface area (Å²) >= 11 is 3.44. The summed E-state index contributed by atoms with van der Waals surface area (Å²) in [5.74, 6) is 1.16. The molecule has 17 heavy (non-hydrogen) atoms. The van der Waals surface area contributed by atoms with Crippen molar-refractivity contribution in [2.24, 2.45) is 0 Å². The Bertz CT molecular complexity index is 543. The zero-order valence-corrected chi connectivity index (χ0v) is 11.6. The number of benzene rings is 1. The lowest BCUT2D eigenvalue weighted by atomic mass is 9.96. The average Bonchev–Trinajstić information content (AvgIpc) is 2.70. The molecule has 0 aliphatic carbocycles. The second-order valence-electron chi connectivity index (χ2n) is 4.91. The van der Waals surface area contributed by atoms with E-state index in [0.717, 1.165) is 10.0 Å². The molecular weight excluding hydrogens is 282 g/mol. The normalized spacial score (nSPS) is 11.8. The van der Waals surface area contributed by atoms with Gasteiger partial charge in [0.25, 0.3) is 5.89 Å². The summed E-state index contributed by atoms with van der Waals surface area (Å²) in [6.45, 7) is 6.11. The summed E-state index contributed by atoms with van der Waals surface area (Å²) in [6.07, 6.45) is 0. The lowest BCUT2D eigenvalue weighted by Gasteiger charge is -2.10. The van der Waals surface area contributed by atoms with Crippen LogP contribution in [0, 0.1) is 0 Å². The van der Waals surface area contributed by atoms with Crippen LogP contribution in [0.25, 0.3) is 11.5 Å². The van der Waals surface area contributed by atoms with Crippen molar-refractivity contribution in [3.8, 4) is 11.5 Å². The van der Waals surface area contributed by atoms with Crippen LogP contribution < -0.4 is 5.73 Å². The first-order valence-electron chi connectivity index (χ1n) is 5.27. The van der Waals surface area contributed by atoms with Gasteiger partial charge in [0.05, 0.1) is 5.56 Å². The van der Waals surface area contributed by atoms with Crippen molar-refractivity contribution in [3.05, 3.63) is 28.5 Å². The molecule has 0 aliphatic heterocycles. The lowest BCUT2D eigenvalue weighted by Crippen LogP contribution is -2.13. The van der Waals surface area contributed by atoms with Gasteiger partial charge < -0.3 is 10.3 Å². The Kier molecular flexibility index (Phi) is 2.95. The topological polar surface area (TPSA) is 64.9 Å². The first-order valence-corrected chi connectivity index (χ1v) is 6.07. The Morgan fingerprint density at radius 2 is 2.00 bits per heavy atom. The third kappa shape index (κ3) is 2.49. The first kappa shape index (κ1) is 12.1. The van der Waals surface area contributed by atoms with Gasteiger partial charge in [0.2, 0.25) is 0 Å². The van der Waals surface area contributed by atoms with Gasteiger partial charge in [-0.05, 0) is 34.1 Å². The van der Waals surface area contributed by atoms with E-state index in [0.29, 0.717) is 17.4 Å². The quantitative estimate of drug-likeness (QED) is 0.819. The highest BCUT2D eigenvalue weighted by Crippen LogP contribution is 2.30. The fourth-order valence-corrected chi connectivity index (χ4v) is 1.76. The zero-order chi connectivity index (χ0) is 12.6. The average molecular weight is 296 g/mol. The van der Waals surface area contributed by atoms with Gasteiger partial charge in [-0.2, -0.15) is 4.98 Å². The maximum Gasteiger partial charge on any atom is 0.259 e. The number of hydrogen-bond acceptors (Lipinski definition) is 4. The van der Waals surface area contributed by atoms with Crippen LogP contribution >= 0.6 is 15.9 Å². The number of nitrogens with zero attached hydrogens (tertiary/aromatic N) is 2. The Morgan fingerprint density at radius 3 is 2.59 bits per heavy atom. The minimum absolute atomic E-state index is 0.130. The van der Waals surface area contributed by atoms with Crippen molar-refractivity contribution >= 4 is 21.6 Å². The molecule has 0 unspecified atom stereocenters. The molecule has 0 saturated heterocycles. The zero-order valence-electron chi connectivity index (χ0n) is 9.99. The number of anilines is 1. The van der Waals surface area contributed by atoms with Crippen LogP contribution in [0.5, 0.6) is 0 Å². The highest BCUT2D eigenvalue weighted by Gasteiger charge is 2.22. The maximum atomic E-state index is 5.75. The predicted octanol–water partition coefficient (Wildman–Crippen LogP) is 3.38. The molecule has 2 aromatic rings. The number of aromatic nitrogens is 2. The number of nitrogen functional groups attached to an aromatic ring is 1. The molecule has 2 rings (SSSR count). The van der Waals surface area contributed by atoms with E-state index in [-0.39, 0.29) is 5.41 Å². The van der Waals surface area contributed by atoms with Gasteiger partial charge in [0, 0.05) is 15.6 Å². The van der Waals surface area contributed by atoms with Crippen LogP contribution in [0.1, 0.15) is 26.6 Å². The molecule has 0 amide bonds. The number of hydrogen-bond donors (Lipinski definition) is 1. The van der Waals surface area contributed by atoms with Gasteiger partial charge in [0.15, 0.2) is 5.82 Å². The Balaban J connectivity index is 2.47. The molecule has 0 bridgehead atoms. The summed E-state index contributed by atoms with van der Waals surface area (Å²) in [7, 11) is 0. The minimum Gasteiger partial charge on any atom is -0.399 e. The summed E-state index contributed by atoms with van der Waals surface area (Å²) in [4.78, 5) is 4.39. The lowest BCUT2D eigenvalue weighted by molar-refractivity contribution is 0.402. The summed E-state index contributed by atoms with van der Waals surface area (Å²) in [5, 5.41) is 3.99. The molecule has 1 heterocycles. The maximum absolute atomic E-state index is 5.75. The second-order valence-corrected chi connectivity index (χ2v) is 5.77. The van der Waals surface area contributed by atoms with Crippen molar-refractivity contribution in [1.82, 2.24) is 10.1 Å². The monoisotopic (exact) mass is 295 g/mol. The van der Waals surface area contributed by atoms with Crippen LogP contribution in [0.15, 0.2) is 27.2 Å². The molecule has 2 N–H and O–H groups in total. The Labute approximate surface area is 108 Å². The number of halogens is 1. The molecule has 1 aromatic carbocycles. The molecule has 4 nitrogen and oxygen atoms in total. The van der Waals surface area contributed by atoms with Gasteiger partial charge in [-0.1, -0.05) is 25.9 Å². The summed E-state index contributed by atoms with van der Waals surface area (Å²) in [6, 6.07) is 5.49. The molecule has 0 spiro atoms. The fourth-order valence-electron chi connectivity index (χ4n) is 1.34. The van der Waals surface area contributed by atoms with Crippen molar-refractivity contribution in [2.75, 3.05) is 5.73 Å². The van der Waals surface area contributed by atoms with E-state index in [9.17, 15) is 0 Å². The van der Waals surface area contributed by atoms with Gasteiger partial charge in [0.1, 0.15) is 0 Å². The molecule has 0 saturated carbocycles. The molecule has 0 aliphatic rings. The summed E-state index contributed by atoms with van der Waals surface area (Å²) < 4.78 is 6.15. The Hall–Kier alpha value is -1.36. The van der Waals surface area contributed by atoms with E-state index < -0.39 is 0 Å². The molecule has 0 fully saturated rings. The highest BCUT2D eigenvalue weighted by atomic mass is 79.9. The third-order valence-corrected chi connectivity index (χ3v) is 3.01. The van der Waals surface area contributed by atoms with Crippen LogP contribution in [0.2, 0.25) is 0 Å². The van der Waals surface area contributed by atoms with E-state index in [1.165, 1.54) is 0 Å². The second kappa shape index (κ2) is 4.14. The van der Waals surface area contributed by atoms with Gasteiger partial charge in [-0.15, -0.1) is 0 Å². The molecule has 5 heteroatoms. The molecule has 0 atom stereocenters. The largest absolute Gasteiger partial charge is 0.399 e. The van der Waals surface area contributed by atoms with Crippen molar-refractivity contribution in [2.45, 2.75) is 26.2 Å². The predicted molar refractivity (Wildman–Crippen MR) is 70.5 cm³/mol. The van der Waals surface area contributed by atoms with Crippen molar-refractivity contribution in [3.63, 3.8) is 0 Å². The Morgan fingerprint density at radius 1 is 1.29 bits per heavy atom. The standard InChI is InChI=1S/C12H14BrN3O/c1-12(2,3)11-15-10(17-16-11)8-6-7(14)4-5-9(8)13/h4-6H,14H2,1-3H3. The van der Waals surface area contributed by atoms with E-state index in [1.807, 2.05) is 39.0 Å². The fraction of sp³-hybridized carbons (Fsp3) is 0.333. The van der Waals surface area contributed by atoms with Gasteiger partial charge in [-0.25, -0.2) is 0 Å². The van der Waals surface area contributed by atoms with Crippen molar-refractivity contribution in [1.29, 1.82) is 0 Å². The van der Waals surface area contributed by atoms with Crippen LogP contribution in [0.3, 0.4) is 0 Å². The van der Waals surface area contributed by atoms with E-state index in [4.69, 9.17) is 10.3 Å². The smallest absolute Gasteiger partial charge is 0.259 e. The SMILES string of the molecule is CC(C)(C)c1noc(-c2cc(N)ccc2Br)n1. The van der Waals surface area contributed by atoms with Gasteiger partial charge in [-0.3, -0.25) is 0 Å². The first-order chi connectivity index (χ1) is 7.88. The van der Waals surface area contributed by atoms with Crippen LogP contribution in [-0.4, -0.2) is 10.1 Å². The van der Waals surface area contributed by atoms with E-state index in [1.54, 1.807) is 0 Å². The molecule has 0 radical (unpaired) electrons. The van der Waals surface area contributed by atoms with E-state index >= 15 is 0 Å². The van der Waals surface area contributed by atoms with Crippen molar-refractivity contribution < 1.29 is 4.52 Å². The van der Waals surface area contributed by atoms with Crippen LogP contribution in [0.4, 0.5) is 5.69 Å². The number of rotatable bonds is 1. The summed E-state index contributed by atoms with van der Waals surface area (Å²) in [5.41, 5.74) is 7.09. The van der Waals surface area contributed by atoms with Gasteiger partial charge >= 0.3 is 0 Å². The molecule has 1 aromatic heterocycles.